The van der Waals surface area contributed by atoms with E-state index in [1.54, 1.807) is 0 Å². The number of aryl methyl sites for hydroxylation is 2. The largest absolute Gasteiger partial charge is 0.486 e. The Labute approximate surface area is 124 Å². The fourth-order valence-electron chi connectivity index (χ4n) is 2.37. The Hall–Kier alpha value is -2.30. The second-order valence-electron chi connectivity index (χ2n) is 5.13. The van der Waals surface area contributed by atoms with Crippen LogP contribution in [-0.4, -0.2) is 29.7 Å². The quantitative estimate of drug-likeness (QED) is 0.935. The number of aromatic nitrogens is 2. The predicted octanol–water partition coefficient (Wildman–Crippen LogP) is 2.52. The standard InChI is InChI=1S/C16H19N3O2/c1-11-9-12(2)19-16(18-11)17-6-5-13-3-4-14-15(10-13)21-8-7-20-14/h3-4,9-10H,5-8H2,1-2H3,(H,17,18,19). The third-order valence-corrected chi connectivity index (χ3v) is 3.29. The van der Waals surface area contributed by atoms with Crippen molar-refractivity contribution in [2.24, 2.45) is 0 Å². The van der Waals surface area contributed by atoms with E-state index in [1.807, 2.05) is 32.0 Å². The molecular weight excluding hydrogens is 266 g/mol. The molecule has 1 aromatic carbocycles. The summed E-state index contributed by atoms with van der Waals surface area (Å²) in [6.45, 7) is 5.97. The lowest BCUT2D eigenvalue weighted by Gasteiger charge is -2.18. The molecule has 1 aliphatic heterocycles. The van der Waals surface area contributed by atoms with Gasteiger partial charge in [0, 0.05) is 17.9 Å². The SMILES string of the molecule is Cc1cc(C)nc(NCCc2ccc3c(c2)OCCO3)n1. The number of nitrogens with one attached hydrogen (secondary N) is 1. The van der Waals surface area contributed by atoms with Crippen molar-refractivity contribution < 1.29 is 9.47 Å². The maximum Gasteiger partial charge on any atom is 0.223 e. The van der Waals surface area contributed by atoms with E-state index in [0.717, 1.165) is 35.9 Å². The minimum absolute atomic E-state index is 0.616. The zero-order valence-electron chi connectivity index (χ0n) is 12.3. The lowest BCUT2D eigenvalue weighted by atomic mass is 10.1. The average molecular weight is 285 g/mol. The highest BCUT2D eigenvalue weighted by molar-refractivity contribution is 5.44. The highest BCUT2D eigenvalue weighted by Gasteiger charge is 2.11. The Morgan fingerprint density at radius 1 is 1.00 bits per heavy atom. The van der Waals surface area contributed by atoms with Gasteiger partial charge in [-0.3, -0.25) is 0 Å². The molecule has 0 unspecified atom stereocenters. The van der Waals surface area contributed by atoms with E-state index >= 15 is 0 Å². The minimum atomic E-state index is 0.616. The molecule has 21 heavy (non-hydrogen) atoms. The summed E-state index contributed by atoms with van der Waals surface area (Å²) >= 11 is 0. The van der Waals surface area contributed by atoms with E-state index in [4.69, 9.17) is 9.47 Å². The topological polar surface area (TPSA) is 56.3 Å². The molecule has 0 spiro atoms. The summed E-state index contributed by atoms with van der Waals surface area (Å²) in [5.74, 6) is 2.35. The molecule has 1 aliphatic rings. The van der Waals surface area contributed by atoms with Crippen molar-refractivity contribution in [2.45, 2.75) is 20.3 Å². The van der Waals surface area contributed by atoms with Crippen LogP contribution >= 0.6 is 0 Å². The summed E-state index contributed by atoms with van der Waals surface area (Å²) in [5, 5.41) is 3.26. The fraction of sp³-hybridized carbons (Fsp3) is 0.375. The van der Waals surface area contributed by atoms with Crippen LogP contribution in [0.1, 0.15) is 17.0 Å². The van der Waals surface area contributed by atoms with Crippen molar-refractivity contribution in [3.8, 4) is 11.5 Å². The van der Waals surface area contributed by atoms with Gasteiger partial charge in [-0.25, -0.2) is 9.97 Å². The molecule has 0 bridgehead atoms. The fourth-order valence-corrected chi connectivity index (χ4v) is 2.37. The summed E-state index contributed by atoms with van der Waals surface area (Å²) in [5.41, 5.74) is 3.16. The van der Waals surface area contributed by atoms with Crippen molar-refractivity contribution >= 4 is 5.95 Å². The van der Waals surface area contributed by atoms with Gasteiger partial charge in [0.15, 0.2) is 11.5 Å². The van der Waals surface area contributed by atoms with E-state index in [-0.39, 0.29) is 0 Å². The Kier molecular flexibility index (Phi) is 3.90. The van der Waals surface area contributed by atoms with Crippen LogP contribution in [0.25, 0.3) is 0 Å². The number of benzene rings is 1. The van der Waals surface area contributed by atoms with Gasteiger partial charge in [-0.05, 0) is 44.0 Å². The van der Waals surface area contributed by atoms with Gasteiger partial charge in [0.2, 0.25) is 5.95 Å². The molecule has 1 aromatic heterocycles. The Balaban J connectivity index is 1.60. The summed E-state index contributed by atoms with van der Waals surface area (Å²) in [4.78, 5) is 8.74. The van der Waals surface area contributed by atoms with Gasteiger partial charge in [-0.1, -0.05) is 6.07 Å². The second kappa shape index (κ2) is 5.99. The smallest absolute Gasteiger partial charge is 0.223 e. The highest BCUT2D eigenvalue weighted by atomic mass is 16.6. The van der Waals surface area contributed by atoms with Crippen LogP contribution in [-0.2, 0) is 6.42 Å². The van der Waals surface area contributed by atoms with Gasteiger partial charge in [0.25, 0.3) is 0 Å². The summed E-state index contributed by atoms with van der Waals surface area (Å²) in [6, 6.07) is 8.04. The lowest BCUT2D eigenvalue weighted by molar-refractivity contribution is 0.171. The van der Waals surface area contributed by atoms with Gasteiger partial charge >= 0.3 is 0 Å². The molecule has 0 radical (unpaired) electrons. The van der Waals surface area contributed by atoms with Crippen LogP contribution in [0.4, 0.5) is 5.95 Å². The lowest BCUT2D eigenvalue weighted by Crippen LogP contribution is -2.15. The van der Waals surface area contributed by atoms with Gasteiger partial charge in [-0.2, -0.15) is 0 Å². The Morgan fingerprint density at radius 2 is 1.71 bits per heavy atom. The number of nitrogens with zero attached hydrogens (tertiary/aromatic N) is 2. The molecule has 110 valence electrons. The predicted molar refractivity (Wildman–Crippen MR) is 81.1 cm³/mol. The molecule has 2 heterocycles. The molecule has 0 aliphatic carbocycles. The Morgan fingerprint density at radius 3 is 2.48 bits per heavy atom. The zero-order valence-corrected chi connectivity index (χ0v) is 12.3. The third-order valence-electron chi connectivity index (χ3n) is 3.29. The minimum Gasteiger partial charge on any atom is -0.486 e. The molecular formula is C16H19N3O2. The number of ether oxygens (including phenoxy) is 2. The highest BCUT2D eigenvalue weighted by Crippen LogP contribution is 2.30. The Bertz CT molecular complexity index is 623. The molecule has 5 nitrogen and oxygen atoms in total. The molecule has 0 saturated heterocycles. The molecule has 3 rings (SSSR count). The van der Waals surface area contributed by atoms with Gasteiger partial charge in [0.1, 0.15) is 13.2 Å². The first kappa shape index (κ1) is 13.7. The maximum absolute atomic E-state index is 5.59. The molecule has 0 atom stereocenters. The number of anilines is 1. The van der Waals surface area contributed by atoms with Crippen LogP contribution in [0.2, 0.25) is 0 Å². The van der Waals surface area contributed by atoms with Gasteiger partial charge < -0.3 is 14.8 Å². The van der Waals surface area contributed by atoms with Gasteiger partial charge in [0.05, 0.1) is 0 Å². The van der Waals surface area contributed by atoms with Crippen molar-refractivity contribution in [3.05, 3.63) is 41.2 Å². The summed E-state index contributed by atoms with van der Waals surface area (Å²) in [7, 11) is 0. The molecule has 5 heteroatoms. The van der Waals surface area contributed by atoms with Crippen molar-refractivity contribution in [2.75, 3.05) is 25.1 Å². The molecule has 0 amide bonds. The van der Waals surface area contributed by atoms with Crippen LogP contribution in [0, 0.1) is 13.8 Å². The number of fused-ring (bicyclic) bond motifs is 1. The molecule has 0 saturated carbocycles. The van der Waals surface area contributed by atoms with Crippen LogP contribution < -0.4 is 14.8 Å². The van der Waals surface area contributed by atoms with E-state index in [2.05, 4.69) is 21.4 Å². The molecule has 0 fully saturated rings. The van der Waals surface area contributed by atoms with E-state index in [0.29, 0.717) is 19.2 Å². The summed E-state index contributed by atoms with van der Waals surface area (Å²) < 4.78 is 11.1. The average Bonchev–Trinajstić information content (AvgIpc) is 2.46. The number of rotatable bonds is 4. The number of hydrogen-bond acceptors (Lipinski definition) is 5. The number of hydrogen-bond donors (Lipinski definition) is 1. The van der Waals surface area contributed by atoms with Crippen molar-refractivity contribution in [3.63, 3.8) is 0 Å². The summed E-state index contributed by atoms with van der Waals surface area (Å²) in [6.07, 6.45) is 0.882. The first-order valence-corrected chi connectivity index (χ1v) is 7.15. The zero-order chi connectivity index (χ0) is 14.7. The molecule has 2 aromatic rings. The van der Waals surface area contributed by atoms with Crippen molar-refractivity contribution in [1.82, 2.24) is 9.97 Å². The monoisotopic (exact) mass is 285 g/mol. The van der Waals surface area contributed by atoms with Gasteiger partial charge in [-0.15, -0.1) is 0 Å². The van der Waals surface area contributed by atoms with Crippen molar-refractivity contribution in [1.29, 1.82) is 0 Å². The maximum atomic E-state index is 5.59. The van der Waals surface area contributed by atoms with E-state index < -0.39 is 0 Å². The van der Waals surface area contributed by atoms with Crippen LogP contribution in [0.15, 0.2) is 24.3 Å². The third kappa shape index (κ3) is 3.42. The normalized spacial score (nSPS) is 13.0. The van der Waals surface area contributed by atoms with Crippen LogP contribution in [0.5, 0.6) is 11.5 Å². The van der Waals surface area contributed by atoms with E-state index in [9.17, 15) is 0 Å². The van der Waals surface area contributed by atoms with E-state index in [1.165, 1.54) is 5.56 Å². The molecule has 1 N–H and O–H groups in total. The first-order chi connectivity index (χ1) is 10.2. The van der Waals surface area contributed by atoms with Crippen LogP contribution in [0.3, 0.4) is 0 Å². The second-order valence-corrected chi connectivity index (χ2v) is 5.13. The first-order valence-electron chi connectivity index (χ1n) is 7.15.